The Labute approximate surface area is 79.5 Å². The molecule has 2 aromatic rings. The molecule has 0 aliphatic rings. The molecule has 0 radical (unpaired) electrons. The average Bonchev–Trinajstić information content (AvgIpc) is 2.61. The van der Waals surface area contributed by atoms with Crippen LogP contribution in [0.3, 0.4) is 0 Å². The summed E-state index contributed by atoms with van der Waals surface area (Å²) in [5.74, 6) is -0.970. The molecule has 0 fully saturated rings. The van der Waals surface area contributed by atoms with E-state index in [0.717, 1.165) is 17.2 Å². The van der Waals surface area contributed by atoms with Gasteiger partial charge in [-0.05, 0) is 23.8 Å². The molecule has 1 aromatic carbocycles. The van der Waals surface area contributed by atoms with Gasteiger partial charge in [-0.3, -0.25) is 0 Å². The molecule has 4 nitrogen and oxygen atoms in total. The molecule has 0 aliphatic carbocycles. The van der Waals surface area contributed by atoms with Gasteiger partial charge in [-0.2, -0.15) is 0 Å². The highest BCUT2D eigenvalue weighted by Crippen LogP contribution is 2.14. The number of nitrogens with zero attached hydrogens (tertiary/aromatic N) is 1. The summed E-state index contributed by atoms with van der Waals surface area (Å²) in [6.45, 7) is 0. The fraction of sp³-hybridized carbons (Fsp3) is 0. The van der Waals surface area contributed by atoms with Crippen molar-refractivity contribution in [2.45, 2.75) is 0 Å². The smallest absolute Gasteiger partial charge is 0.328 e. The second-order valence-corrected chi connectivity index (χ2v) is 2.75. The van der Waals surface area contributed by atoms with E-state index in [1.807, 2.05) is 0 Å². The zero-order valence-corrected chi connectivity index (χ0v) is 7.18. The van der Waals surface area contributed by atoms with Crippen LogP contribution < -0.4 is 0 Å². The topological polar surface area (TPSA) is 63.3 Å². The maximum Gasteiger partial charge on any atom is 0.328 e. The highest BCUT2D eigenvalue weighted by Gasteiger charge is 1.97. The summed E-state index contributed by atoms with van der Waals surface area (Å²) in [7, 11) is 0. The van der Waals surface area contributed by atoms with E-state index in [9.17, 15) is 4.79 Å². The third-order valence-corrected chi connectivity index (χ3v) is 1.77. The minimum Gasteiger partial charge on any atom is -0.478 e. The number of oxazole rings is 1. The number of aromatic nitrogens is 1. The first-order valence-corrected chi connectivity index (χ1v) is 4.00. The number of rotatable bonds is 2. The molecular formula is C10H7NO3. The number of hydrogen-bond acceptors (Lipinski definition) is 3. The van der Waals surface area contributed by atoms with Gasteiger partial charge in [0.05, 0.1) is 0 Å². The fourth-order valence-electron chi connectivity index (χ4n) is 1.14. The van der Waals surface area contributed by atoms with Gasteiger partial charge in [0.1, 0.15) is 5.52 Å². The Hall–Kier alpha value is -2.10. The Balaban J connectivity index is 2.39. The van der Waals surface area contributed by atoms with E-state index in [4.69, 9.17) is 9.52 Å². The Morgan fingerprint density at radius 2 is 2.36 bits per heavy atom. The molecule has 14 heavy (non-hydrogen) atoms. The van der Waals surface area contributed by atoms with Gasteiger partial charge in [0, 0.05) is 6.08 Å². The van der Waals surface area contributed by atoms with E-state index in [1.54, 1.807) is 18.2 Å². The SMILES string of the molecule is O=C(O)/C=C/c1ccc2ncoc2c1. The quantitative estimate of drug-likeness (QED) is 0.733. The van der Waals surface area contributed by atoms with Crippen LogP contribution in [0.4, 0.5) is 0 Å². The number of benzene rings is 1. The number of aliphatic carboxylic acids is 1. The molecule has 0 unspecified atom stereocenters. The number of hydrogen-bond donors (Lipinski definition) is 1. The number of carbonyl (C=O) groups is 1. The van der Waals surface area contributed by atoms with Crippen LogP contribution in [0.1, 0.15) is 5.56 Å². The van der Waals surface area contributed by atoms with Gasteiger partial charge in [-0.15, -0.1) is 0 Å². The van der Waals surface area contributed by atoms with Crippen molar-refractivity contribution in [2.75, 3.05) is 0 Å². The van der Waals surface area contributed by atoms with Crippen LogP contribution in [-0.4, -0.2) is 16.1 Å². The molecule has 4 heteroatoms. The van der Waals surface area contributed by atoms with E-state index in [0.29, 0.717) is 5.58 Å². The Morgan fingerprint density at radius 3 is 3.14 bits per heavy atom. The maximum absolute atomic E-state index is 10.3. The van der Waals surface area contributed by atoms with Crippen LogP contribution in [0.25, 0.3) is 17.2 Å². The second kappa shape index (κ2) is 3.33. The van der Waals surface area contributed by atoms with Gasteiger partial charge >= 0.3 is 5.97 Å². The number of fused-ring (bicyclic) bond motifs is 1. The van der Waals surface area contributed by atoms with Crippen molar-refractivity contribution >= 4 is 23.1 Å². The predicted octanol–water partition coefficient (Wildman–Crippen LogP) is 1.93. The van der Waals surface area contributed by atoms with Crippen LogP contribution in [0.5, 0.6) is 0 Å². The highest BCUT2D eigenvalue weighted by atomic mass is 16.4. The van der Waals surface area contributed by atoms with Gasteiger partial charge in [0.25, 0.3) is 0 Å². The van der Waals surface area contributed by atoms with E-state index in [1.165, 1.54) is 12.5 Å². The summed E-state index contributed by atoms with van der Waals surface area (Å²) in [5.41, 5.74) is 2.19. The van der Waals surface area contributed by atoms with Gasteiger partial charge in [-0.1, -0.05) is 6.07 Å². The lowest BCUT2D eigenvalue weighted by atomic mass is 10.2. The van der Waals surface area contributed by atoms with Crippen molar-refractivity contribution in [3.63, 3.8) is 0 Å². The summed E-state index contributed by atoms with van der Waals surface area (Å²) in [6, 6.07) is 5.30. The Bertz CT molecular complexity index is 499. The molecule has 0 atom stereocenters. The van der Waals surface area contributed by atoms with Crippen molar-refractivity contribution in [2.24, 2.45) is 0 Å². The normalized spacial score (nSPS) is 11.1. The molecule has 0 bridgehead atoms. The molecule has 0 spiro atoms. The lowest BCUT2D eigenvalue weighted by Crippen LogP contribution is -1.85. The van der Waals surface area contributed by atoms with Crippen LogP contribution in [0, 0.1) is 0 Å². The summed E-state index contributed by atoms with van der Waals surface area (Å²) in [6.07, 6.45) is 3.94. The Kier molecular flexibility index (Phi) is 2.02. The summed E-state index contributed by atoms with van der Waals surface area (Å²) in [4.78, 5) is 14.2. The van der Waals surface area contributed by atoms with E-state index in [-0.39, 0.29) is 0 Å². The monoisotopic (exact) mass is 189 g/mol. The third kappa shape index (κ3) is 1.64. The first-order chi connectivity index (χ1) is 6.75. The standard InChI is InChI=1S/C10H7NO3/c12-10(13)4-2-7-1-3-8-9(5-7)14-6-11-8/h1-6H,(H,12,13)/b4-2+. The molecule has 1 heterocycles. The number of carboxylic acid groups (broad SMARTS) is 1. The zero-order valence-electron chi connectivity index (χ0n) is 7.18. The summed E-state index contributed by atoms with van der Waals surface area (Å²) < 4.78 is 5.07. The molecule has 70 valence electrons. The molecule has 0 amide bonds. The summed E-state index contributed by atoms with van der Waals surface area (Å²) in [5, 5.41) is 8.43. The lowest BCUT2D eigenvalue weighted by Gasteiger charge is -1.90. The van der Waals surface area contributed by atoms with Crippen molar-refractivity contribution in [3.05, 3.63) is 36.2 Å². The van der Waals surface area contributed by atoms with Crippen molar-refractivity contribution in [3.8, 4) is 0 Å². The van der Waals surface area contributed by atoms with Gasteiger partial charge in [0.15, 0.2) is 12.0 Å². The Morgan fingerprint density at radius 1 is 1.50 bits per heavy atom. The van der Waals surface area contributed by atoms with E-state index < -0.39 is 5.97 Å². The first kappa shape index (κ1) is 8.50. The molecule has 0 saturated heterocycles. The van der Waals surface area contributed by atoms with Crippen molar-refractivity contribution in [1.82, 2.24) is 4.98 Å². The molecule has 0 saturated carbocycles. The van der Waals surface area contributed by atoms with Crippen LogP contribution in [0.2, 0.25) is 0 Å². The minimum atomic E-state index is -0.970. The largest absolute Gasteiger partial charge is 0.478 e. The molecule has 0 aliphatic heterocycles. The number of carboxylic acids is 1. The average molecular weight is 189 g/mol. The van der Waals surface area contributed by atoms with E-state index in [2.05, 4.69) is 4.98 Å². The fourth-order valence-corrected chi connectivity index (χ4v) is 1.14. The lowest BCUT2D eigenvalue weighted by molar-refractivity contribution is -0.131. The highest BCUT2D eigenvalue weighted by molar-refractivity contribution is 5.86. The van der Waals surface area contributed by atoms with Crippen LogP contribution in [0.15, 0.2) is 35.1 Å². The van der Waals surface area contributed by atoms with Crippen LogP contribution in [-0.2, 0) is 4.79 Å². The predicted molar refractivity (Wildman–Crippen MR) is 50.7 cm³/mol. The van der Waals surface area contributed by atoms with Gasteiger partial charge in [0.2, 0.25) is 0 Å². The molecular weight excluding hydrogens is 182 g/mol. The van der Waals surface area contributed by atoms with Crippen molar-refractivity contribution in [1.29, 1.82) is 0 Å². The molecule has 1 aromatic heterocycles. The van der Waals surface area contributed by atoms with Crippen molar-refractivity contribution < 1.29 is 14.3 Å². The molecule has 1 N–H and O–H groups in total. The van der Waals surface area contributed by atoms with Gasteiger partial charge in [-0.25, -0.2) is 9.78 Å². The van der Waals surface area contributed by atoms with E-state index >= 15 is 0 Å². The zero-order chi connectivity index (χ0) is 9.97. The van der Waals surface area contributed by atoms with Gasteiger partial charge < -0.3 is 9.52 Å². The van der Waals surface area contributed by atoms with Crippen LogP contribution >= 0.6 is 0 Å². The second-order valence-electron chi connectivity index (χ2n) is 2.75. The minimum absolute atomic E-state index is 0.650. The molecule has 2 rings (SSSR count). The summed E-state index contributed by atoms with van der Waals surface area (Å²) >= 11 is 0. The maximum atomic E-state index is 10.3. The first-order valence-electron chi connectivity index (χ1n) is 4.00. The third-order valence-electron chi connectivity index (χ3n) is 1.77.